The number of halogens is 3. The molecule has 0 unspecified atom stereocenters. The molecule has 2 aromatic carbocycles. The van der Waals surface area contributed by atoms with Crippen LogP contribution in [0.2, 0.25) is 0 Å². The van der Waals surface area contributed by atoms with Crippen molar-refractivity contribution in [2.75, 3.05) is 38.1 Å². The van der Waals surface area contributed by atoms with Crippen molar-refractivity contribution < 1.29 is 27.7 Å². The van der Waals surface area contributed by atoms with E-state index in [2.05, 4.69) is 5.32 Å². The van der Waals surface area contributed by atoms with Gasteiger partial charge in [0.25, 0.3) is 17.5 Å². The molecule has 2 aromatic rings. The van der Waals surface area contributed by atoms with Gasteiger partial charge in [-0.15, -0.1) is 0 Å². The van der Waals surface area contributed by atoms with Gasteiger partial charge in [-0.1, -0.05) is 6.07 Å². The Morgan fingerprint density at radius 1 is 1.06 bits per heavy atom. The Bertz CT molecular complexity index is 1020. The normalized spacial score (nSPS) is 14.3. The number of benzene rings is 2. The second kappa shape index (κ2) is 8.62. The van der Waals surface area contributed by atoms with E-state index >= 15 is 0 Å². The summed E-state index contributed by atoms with van der Waals surface area (Å²) in [5.74, 6) is -0.998. The molecule has 0 spiro atoms. The lowest BCUT2D eigenvalue weighted by Gasteiger charge is -2.36. The molecule has 0 radical (unpaired) electrons. The number of nitrogens with one attached hydrogen (secondary N) is 1. The molecule has 8 nitrogen and oxygen atoms in total. The fourth-order valence-corrected chi connectivity index (χ4v) is 3.39. The third-order valence-electron chi connectivity index (χ3n) is 5.01. The van der Waals surface area contributed by atoms with Crippen LogP contribution in [0.3, 0.4) is 0 Å². The Morgan fingerprint density at radius 2 is 1.74 bits per heavy atom. The zero-order valence-corrected chi connectivity index (χ0v) is 16.5. The summed E-state index contributed by atoms with van der Waals surface area (Å²) in [4.78, 5) is 38.6. The highest BCUT2D eigenvalue weighted by Gasteiger charge is 2.32. The summed E-state index contributed by atoms with van der Waals surface area (Å²) in [6.07, 6.45) is -4.54. The van der Waals surface area contributed by atoms with Crippen LogP contribution in [-0.4, -0.2) is 54.9 Å². The number of non-ortho nitro benzene ring substituents is 1. The van der Waals surface area contributed by atoms with Crippen LogP contribution in [0.1, 0.15) is 26.3 Å². The Labute approximate surface area is 175 Å². The van der Waals surface area contributed by atoms with Crippen molar-refractivity contribution in [3.05, 3.63) is 69.3 Å². The molecule has 0 bridgehead atoms. The van der Waals surface area contributed by atoms with Crippen molar-refractivity contribution in [3.8, 4) is 0 Å². The molecular weight excluding hydrogens is 417 g/mol. The van der Waals surface area contributed by atoms with Gasteiger partial charge in [0, 0.05) is 50.9 Å². The Hall–Kier alpha value is -3.63. The number of rotatable bonds is 4. The summed E-state index contributed by atoms with van der Waals surface area (Å²) in [5.41, 5.74) is -0.547. The van der Waals surface area contributed by atoms with Crippen molar-refractivity contribution in [1.29, 1.82) is 0 Å². The SMILES string of the molecule is CNC(=O)c1cc([N+](=O)[O-])ccc1N1CCN(C(=O)c2cccc(C(F)(F)F)c2)CC1. The first-order valence-electron chi connectivity index (χ1n) is 9.34. The molecule has 2 amide bonds. The Morgan fingerprint density at radius 3 is 2.32 bits per heavy atom. The van der Waals surface area contributed by atoms with E-state index in [-0.39, 0.29) is 29.9 Å². The van der Waals surface area contributed by atoms with Crippen molar-refractivity contribution in [2.24, 2.45) is 0 Å². The van der Waals surface area contributed by atoms with E-state index in [1.807, 2.05) is 4.90 Å². The smallest absolute Gasteiger partial charge is 0.367 e. The highest BCUT2D eigenvalue weighted by atomic mass is 19.4. The molecule has 0 aliphatic carbocycles. The number of nitro groups is 1. The average molecular weight is 436 g/mol. The van der Waals surface area contributed by atoms with Crippen molar-refractivity contribution in [3.63, 3.8) is 0 Å². The molecule has 1 aliphatic rings. The molecule has 31 heavy (non-hydrogen) atoms. The number of hydrogen-bond acceptors (Lipinski definition) is 5. The van der Waals surface area contributed by atoms with Gasteiger partial charge in [0.1, 0.15) is 0 Å². The lowest BCUT2D eigenvalue weighted by atomic mass is 10.1. The molecule has 1 fully saturated rings. The van der Waals surface area contributed by atoms with E-state index in [1.54, 1.807) is 0 Å². The molecular formula is C20H19F3N4O4. The first kappa shape index (κ1) is 22.1. The van der Waals surface area contributed by atoms with Crippen LogP contribution in [0.4, 0.5) is 24.5 Å². The molecule has 3 rings (SSSR count). The molecule has 1 aliphatic heterocycles. The number of carbonyl (C=O) groups excluding carboxylic acids is 2. The first-order chi connectivity index (χ1) is 14.6. The number of alkyl halides is 3. The lowest BCUT2D eigenvalue weighted by molar-refractivity contribution is -0.384. The molecule has 0 saturated carbocycles. The summed E-state index contributed by atoms with van der Waals surface area (Å²) in [6.45, 7) is 1.07. The maximum absolute atomic E-state index is 12.9. The minimum absolute atomic E-state index is 0.0512. The standard InChI is InChI=1S/C20H19F3N4O4/c1-24-18(28)16-12-15(27(30)31)5-6-17(16)25-7-9-26(10-8-25)19(29)13-3-2-4-14(11-13)20(21,22)23/h2-6,11-12H,7-10H2,1H3,(H,24,28). The molecule has 1 saturated heterocycles. The van der Waals surface area contributed by atoms with Crippen LogP contribution in [0, 0.1) is 10.1 Å². The maximum Gasteiger partial charge on any atom is 0.416 e. The lowest BCUT2D eigenvalue weighted by Crippen LogP contribution is -2.49. The van der Waals surface area contributed by atoms with Gasteiger partial charge in [0.2, 0.25) is 0 Å². The summed E-state index contributed by atoms with van der Waals surface area (Å²) < 4.78 is 38.8. The van der Waals surface area contributed by atoms with Gasteiger partial charge in [-0.05, 0) is 24.3 Å². The number of amides is 2. The molecule has 0 aromatic heterocycles. The third-order valence-corrected chi connectivity index (χ3v) is 5.01. The second-order valence-electron chi connectivity index (χ2n) is 6.90. The van der Waals surface area contributed by atoms with Gasteiger partial charge in [0.05, 0.1) is 21.7 Å². The number of nitro benzene ring substituents is 1. The van der Waals surface area contributed by atoms with E-state index in [4.69, 9.17) is 0 Å². The fraction of sp³-hybridized carbons (Fsp3) is 0.300. The number of piperazine rings is 1. The molecule has 1 heterocycles. The Balaban J connectivity index is 1.76. The summed E-state index contributed by atoms with van der Waals surface area (Å²) >= 11 is 0. The number of hydrogen-bond donors (Lipinski definition) is 1. The summed E-state index contributed by atoms with van der Waals surface area (Å²) in [6, 6.07) is 8.23. The van der Waals surface area contributed by atoms with E-state index < -0.39 is 28.5 Å². The summed E-state index contributed by atoms with van der Waals surface area (Å²) in [7, 11) is 1.41. The highest BCUT2D eigenvalue weighted by molar-refractivity contribution is 6.00. The summed E-state index contributed by atoms with van der Waals surface area (Å²) in [5, 5.41) is 13.5. The van der Waals surface area contributed by atoms with E-state index in [1.165, 1.54) is 42.3 Å². The van der Waals surface area contributed by atoms with E-state index in [0.29, 0.717) is 18.8 Å². The molecule has 1 N–H and O–H groups in total. The van der Waals surface area contributed by atoms with Crippen molar-refractivity contribution in [1.82, 2.24) is 10.2 Å². The minimum atomic E-state index is -4.54. The Kier molecular flexibility index (Phi) is 6.14. The maximum atomic E-state index is 12.9. The molecule has 0 atom stereocenters. The largest absolute Gasteiger partial charge is 0.416 e. The van der Waals surface area contributed by atoms with Gasteiger partial charge in [-0.25, -0.2) is 0 Å². The van der Waals surface area contributed by atoms with Crippen LogP contribution >= 0.6 is 0 Å². The molecule has 11 heteroatoms. The quantitative estimate of drug-likeness (QED) is 0.587. The minimum Gasteiger partial charge on any atom is -0.367 e. The highest BCUT2D eigenvalue weighted by Crippen LogP contribution is 2.30. The number of nitrogens with zero attached hydrogens (tertiary/aromatic N) is 3. The predicted octanol–water partition coefficient (Wildman–Crippen LogP) is 2.94. The van der Waals surface area contributed by atoms with E-state index in [0.717, 1.165) is 12.1 Å². The van der Waals surface area contributed by atoms with Crippen LogP contribution in [0.15, 0.2) is 42.5 Å². The van der Waals surface area contributed by atoms with Crippen LogP contribution in [-0.2, 0) is 6.18 Å². The van der Waals surface area contributed by atoms with E-state index in [9.17, 15) is 32.9 Å². The van der Waals surface area contributed by atoms with Gasteiger partial charge in [-0.2, -0.15) is 13.2 Å². The van der Waals surface area contributed by atoms with Crippen LogP contribution in [0.25, 0.3) is 0 Å². The topological polar surface area (TPSA) is 95.8 Å². The monoisotopic (exact) mass is 436 g/mol. The predicted molar refractivity (Wildman–Crippen MR) is 106 cm³/mol. The van der Waals surface area contributed by atoms with Crippen LogP contribution in [0.5, 0.6) is 0 Å². The van der Waals surface area contributed by atoms with Crippen LogP contribution < -0.4 is 10.2 Å². The van der Waals surface area contributed by atoms with Gasteiger partial charge in [-0.3, -0.25) is 19.7 Å². The van der Waals surface area contributed by atoms with Gasteiger partial charge >= 0.3 is 6.18 Å². The average Bonchev–Trinajstić information content (AvgIpc) is 2.77. The fourth-order valence-electron chi connectivity index (χ4n) is 3.39. The molecule has 164 valence electrons. The number of carbonyl (C=O) groups is 2. The second-order valence-corrected chi connectivity index (χ2v) is 6.90. The van der Waals surface area contributed by atoms with Crippen molar-refractivity contribution >= 4 is 23.2 Å². The van der Waals surface area contributed by atoms with Gasteiger partial charge < -0.3 is 15.1 Å². The van der Waals surface area contributed by atoms with Gasteiger partial charge in [0.15, 0.2) is 0 Å². The zero-order valence-electron chi connectivity index (χ0n) is 16.5. The number of anilines is 1. The third kappa shape index (κ3) is 4.76. The zero-order chi connectivity index (χ0) is 22.8. The first-order valence-corrected chi connectivity index (χ1v) is 9.34. The van der Waals surface area contributed by atoms with Crippen molar-refractivity contribution in [2.45, 2.75) is 6.18 Å².